The summed E-state index contributed by atoms with van der Waals surface area (Å²) in [5.74, 6) is 0.680. The molecule has 0 saturated heterocycles. The van der Waals surface area contributed by atoms with E-state index in [0.717, 1.165) is 22.2 Å². The van der Waals surface area contributed by atoms with Gasteiger partial charge in [0.05, 0.1) is 21.3 Å². The van der Waals surface area contributed by atoms with E-state index in [1.807, 2.05) is 43.5 Å². The molecule has 7 nitrogen and oxygen atoms in total. The van der Waals surface area contributed by atoms with E-state index in [-0.39, 0.29) is 12.7 Å². The number of azo groups is 2. The summed E-state index contributed by atoms with van der Waals surface area (Å²) >= 11 is 12.5. The Morgan fingerprint density at radius 2 is 2.07 bits per heavy atom. The molecule has 2 aromatic heterocycles. The lowest BCUT2D eigenvalue weighted by Gasteiger charge is -2.17. The molecule has 1 aliphatic heterocycles. The summed E-state index contributed by atoms with van der Waals surface area (Å²) in [6, 6.07) is 5.73. The summed E-state index contributed by atoms with van der Waals surface area (Å²) in [6.07, 6.45) is 8.59. The first kappa shape index (κ1) is 20.5. The number of ether oxygens (including phenoxy) is 1. The molecule has 1 aliphatic rings. The summed E-state index contributed by atoms with van der Waals surface area (Å²) in [6.45, 7) is 3.03. The molecule has 154 valence electrons. The number of aliphatic hydroxyl groups is 1. The largest absolute Gasteiger partial charge is 0.486 e. The molecule has 3 heterocycles. The van der Waals surface area contributed by atoms with E-state index >= 15 is 0 Å². The first-order valence-electron chi connectivity index (χ1n) is 9.42. The van der Waals surface area contributed by atoms with Crippen LogP contribution in [0, 0.1) is 0 Å². The Balaban J connectivity index is 1.55. The fourth-order valence-corrected chi connectivity index (χ4v) is 3.92. The van der Waals surface area contributed by atoms with Gasteiger partial charge in [-0.1, -0.05) is 27.9 Å². The van der Waals surface area contributed by atoms with Gasteiger partial charge in [0, 0.05) is 28.9 Å². The second-order valence-corrected chi connectivity index (χ2v) is 7.63. The molecule has 0 amide bonds. The van der Waals surface area contributed by atoms with Crippen molar-refractivity contribution in [1.29, 1.82) is 0 Å². The normalized spacial score (nSPS) is 14.9. The summed E-state index contributed by atoms with van der Waals surface area (Å²) < 4.78 is 7.84. The molecule has 0 bridgehead atoms. The lowest BCUT2D eigenvalue weighted by atomic mass is 10.1. The molecule has 0 aliphatic carbocycles. The summed E-state index contributed by atoms with van der Waals surface area (Å²) in [5, 5.41) is 22.6. The van der Waals surface area contributed by atoms with Crippen LogP contribution in [0.3, 0.4) is 0 Å². The van der Waals surface area contributed by atoms with Crippen LogP contribution in [-0.2, 0) is 0 Å². The van der Waals surface area contributed by atoms with Gasteiger partial charge in [-0.15, -0.1) is 0 Å². The smallest absolute Gasteiger partial charge is 0.201 e. The van der Waals surface area contributed by atoms with Crippen molar-refractivity contribution in [3.05, 3.63) is 69.7 Å². The van der Waals surface area contributed by atoms with Gasteiger partial charge in [0.25, 0.3) is 0 Å². The number of halogens is 2. The third-order valence-corrected chi connectivity index (χ3v) is 5.31. The Bertz CT molecular complexity index is 1150. The number of aromatic nitrogens is 3. The Morgan fingerprint density at radius 1 is 1.27 bits per heavy atom. The molecule has 0 fully saturated rings. The van der Waals surface area contributed by atoms with E-state index in [1.165, 1.54) is 0 Å². The molecular formula is C21H20Cl2N5O2+. The summed E-state index contributed by atoms with van der Waals surface area (Å²) in [7, 11) is 0. The highest BCUT2D eigenvalue weighted by molar-refractivity contribution is 6.35. The van der Waals surface area contributed by atoms with Gasteiger partial charge >= 0.3 is 0 Å². The number of hydrogen-bond donors (Lipinski definition) is 2. The third-order valence-electron chi connectivity index (χ3n) is 4.71. The van der Waals surface area contributed by atoms with Crippen LogP contribution in [0.25, 0.3) is 17.0 Å². The predicted octanol–water partition coefficient (Wildman–Crippen LogP) is 4.77. The van der Waals surface area contributed by atoms with E-state index in [0.29, 0.717) is 34.4 Å². The van der Waals surface area contributed by atoms with E-state index in [1.54, 1.807) is 17.1 Å². The van der Waals surface area contributed by atoms with E-state index in [4.69, 9.17) is 33.0 Å². The maximum atomic E-state index is 9.01. The zero-order valence-electron chi connectivity index (χ0n) is 16.2. The highest BCUT2D eigenvalue weighted by Gasteiger charge is 2.17. The number of β-amino-alcohol motifs (C(OH)–C–C–N with tert-alkyl or cyclic N) is 1. The van der Waals surface area contributed by atoms with Gasteiger partial charge in [-0.25, -0.2) is 0 Å². The first-order chi connectivity index (χ1) is 14.5. The topological polar surface area (TPSA) is 86.4 Å². The molecule has 9 heteroatoms. The second-order valence-electron chi connectivity index (χ2n) is 6.82. The molecule has 0 saturated carbocycles. The maximum absolute atomic E-state index is 9.01. The first-order valence-corrected chi connectivity index (χ1v) is 10.2. The van der Waals surface area contributed by atoms with Crippen molar-refractivity contribution in [2.24, 2.45) is 5.11 Å². The average Bonchev–Trinajstić information content (AvgIpc) is 3.33. The Hall–Kier alpha value is -2.74. The van der Waals surface area contributed by atoms with Crippen molar-refractivity contribution >= 4 is 40.2 Å². The van der Waals surface area contributed by atoms with Crippen molar-refractivity contribution in [2.75, 3.05) is 19.7 Å². The molecular weight excluding hydrogens is 425 g/mol. The Labute approximate surface area is 183 Å². The Kier molecular flexibility index (Phi) is 6.13. The van der Waals surface area contributed by atoms with E-state index in [9.17, 15) is 0 Å². The molecule has 0 unspecified atom stereocenters. The lowest BCUT2D eigenvalue weighted by molar-refractivity contribution is -0.525. The minimum absolute atomic E-state index is 0.0676. The van der Waals surface area contributed by atoms with Crippen LogP contribution in [0.2, 0.25) is 10.0 Å². The van der Waals surface area contributed by atoms with Crippen LogP contribution in [0.5, 0.6) is 5.75 Å². The third kappa shape index (κ3) is 4.38. The van der Waals surface area contributed by atoms with E-state index in [2.05, 4.69) is 20.3 Å². The van der Waals surface area contributed by atoms with Gasteiger partial charge in [0.2, 0.25) is 6.20 Å². The van der Waals surface area contributed by atoms with Gasteiger partial charge in [-0.3, -0.25) is 10.1 Å². The van der Waals surface area contributed by atoms with Crippen molar-refractivity contribution in [3.63, 3.8) is 0 Å². The number of hydrogen-bond acceptors (Lipinski definition) is 5. The zero-order valence-corrected chi connectivity index (χ0v) is 17.7. The van der Waals surface area contributed by atoms with Gasteiger partial charge < -0.3 is 9.84 Å². The molecule has 30 heavy (non-hydrogen) atoms. The van der Waals surface area contributed by atoms with Crippen LogP contribution < -0.4 is 4.74 Å². The minimum atomic E-state index is -0.348. The van der Waals surface area contributed by atoms with Crippen LogP contribution >= 0.6 is 23.2 Å². The Morgan fingerprint density at radius 3 is 2.83 bits per heavy atom. The highest BCUT2D eigenvalue weighted by atomic mass is 35.5. The quantitative estimate of drug-likeness (QED) is 0.513. The predicted molar refractivity (Wildman–Crippen MR) is 116 cm³/mol. The second kappa shape index (κ2) is 8.95. The average molecular weight is 445 g/mol. The SMILES string of the molecule is C[C@@H](Oc1ccc2[nH]nc(/C=C/C3=C[N+](CCO)=NC3)c2c1)c1c(Cl)cncc1Cl. The number of benzene rings is 1. The number of nitrogens with one attached hydrogen (secondary N) is 1. The number of fused-ring (bicyclic) bond motifs is 1. The molecule has 2 N–H and O–H groups in total. The standard InChI is InChI=1S/C21H20Cl2N5O2/c1-13(21-17(22)10-24-11-18(21)23)30-15-3-5-20-16(8-15)19(26-27-20)4-2-14-9-25-28(12-14)6-7-29/h2-5,8,10-13,29H,6-7,9H2,1H3,(H,26,27)/q+1/b4-2+/t13-/m1/s1. The summed E-state index contributed by atoms with van der Waals surface area (Å²) in [4.78, 5) is 3.98. The highest BCUT2D eigenvalue weighted by Crippen LogP contribution is 2.33. The molecule has 0 radical (unpaired) electrons. The molecule has 4 rings (SSSR count). The number of aromatic amines is 1. The number of nitrogens with zero attached hydrogens (tertiary/aromatic N) is 4. The molecule has 1 atom stereocenters. The monoisotopic (exact) mass is 444 g/mol. The van der Waals surface area contributed by atoms with Crippen molar-refractivity contribution in [3.8, 4) is 5.75 Å². The van der Waals surface area contributed by atoms with Crippen LogP contribution in [0.1, 0.15) is 24.3 Å². The summed E-state index contributed by atoms with van der Waals surface area (Å²) in [5.41, 5.74) is 3.44. The van der Waals surface area contributed by atoms with Crippen molar-refractivity contribution in [1.82, 2.24) is 15.2 Å². The van der Waals surface area contributed by atoms with Crippen molar-refractivity contribution < 1.29 is 14.5 Å². The van der Waals surface area contributed by atoms with Crippen LogP contribution in [0.15, 0.2) is 53.6 Å². The van der Waals surface area contributed by atoms with Gasteiger partial charge in [0.15, 0.2) is 6.54 Å². The lowest BCUT2D eigenvalue weighted by Crippen LogP contribution is -2.05. The van der Waals surface area contributed by atoms with Gasteiger partial charge in [0.1, 0.15) is 25.0 Å². The number of H-pyrrole nitrogens is 1. The van der Waals surface area contributed by atoms with Crippen molar-refractivity contribution in [2.45, 2.75) is 13.0 Å². The number of pyridine rings is 1. The number of aliphatic hydroxyl groups excluding tert-OH is 1. The van der Waals surface area contributed by atoms with Crippen LogP contribution in [0.4, 0.5) is 0 Å². The maximum Gasteiger partial charge on any atom is 0.201 e. The molecule has 3 aromatic rings. The fourth-order valence-electron chi connectivity index (χ4n) is 3.25. The number of rotatable bonds is 7. The zero-order chi connectivity index (χ0) is 21.1. The fraction of sp³-hybridized carbons (Fsp3) is 0.238. The molecule has 1 aromatic carbocycles. The van der Waals surface area contributed by atoms with Gasteiger partial charge in [-0.05, 0) is 42.4 Å². The van der Waals surface area contributed by atoms with Gasteiger partial charge in [-0.2, -0.15) is 5.10 Å². The molecule has 0 spiro atoms. The van der Waals surface area contributed by atoms with Crippen LogP contribution in [-0.4, -0.2) is 44.7 Å². The minimum Gasteiger partial charge on any atom is -0.486 e. The van der Waals surface area contributed by atoms with E-state index < -0.39 is 0 Å².